The van der Waals surface area contributed by atoms with Crippen molar-refractivity contribution >= 4 is 38.9 Å². The molecule has 2 N–H and O–H groups in total. The third-order valence-corrected chi connectivity index (χ3v) is 9.36. The van der Waals surface area contributed by atoms with Crippen molar-refractivity contribution in [3.8, 4) is 0 Å². The van der Waals surface area contributed by atoms with E-state index in [9.17, 15) is 22.8 Å². The second-order valence-corrected chi connectivity index (χ2v) is 11.2. The standard InChI is InChI=1S/C22H28N6O5S/c1-15-5-2-3-7-22(15)20(30)28(21(31)25-22)14-18(29)26-9-11-27(12-10-26)34(32,33)17-13-24-19-16(17)6-4-8-23-19/h4,6,8,13,15H,2-3,5,7,9-12,14H2,1H3,(H,23,24)(H,25,31). The number of hydrogen-bond donors (Lipinski definition) is 2. The lowest BCUT2D eigenvalue weighted by molar-refractivity contribution is -0.141. The molecular weight excluding hydrogens is 460 g/mol. The summed E-state index contributed by atoms with van der Waals surface area (Å²) in [5, 5.41) is 3.37. The summed E-state index contributed by atoms with van der Waals surface area (Å²) in [5.41, 5.74) is -0.412. The van der Waals surface area contributed by atoms with Gasteiger partial charge in [-0.3, -0.25) is 14.5 Å². The number of aromatic amines is 1. The molecule has 0 radical (unpaired) electrons. The second-order valence-electron chi connectivity index (χ2n) is 9.28. The first-order valence-corrected chi connectivity index (χ1v) is 13.0. The van der Waals surface area contributed by atoms with E-state index in [4.69, 9.17) is 0 Å². The number of rotatable bonds is 4. The number of sulfonamides is 1. The SMILES string of the molecule is CC1CCCCC12NC(=O)N(CC(=O)N1CCN(S(=O)(=O)c3c[nH]c4ncccc34)CC1)C2=O. The Kier molecular flexibility index (Phi) is 5.59. The van der Waals surface area contributed by atoms with E-state index in [2.05, 4.69) is 15.3 Å². The van der Waals surface area contributed by atoms with Crippen LogP contribution in [0.3, 0.4) is 0 Å². The average molecular weight is 489 g/mol. The van der Waals surface area contributed by atoms with Crippen LogP contribution in [-0.2, 0) is 19.6 Å². The van der Waals surface area contributed by atoms with Crippen LogP contribution < -0.4 is 5.32 Å². The third kappa shape index (κ3) is 3.56. The molecule has 0 aromatic carbocycles. The summed E-state index contributed by atoms with van der Waals surface area (Å²) < 4.78 is 27.7. The summed E-state index contributed by atoms with van der Waals surface area (Å²) >= 11 is 0. The predicted octanol–water partition coefficient (Wildman–Crippen LogP) is 0.897. The molecule has 2 aliphatic heterocycles. The highest BCUT2D eigenvalue weighted by Crippen LogP contribution is 2.38. The van der Waals surface area contributed by atoms with Crippen LogP contribution in [0.1, 0.15) is 32.6 Å². The van der Waals surface area contributed by atoms with E-state index >= 15 is 0 Å². The van der Waals surface area contributed by atoms with E-state index in [-0.39, 0.29) is 55.4 Å². The molecule has 2 aromatic rings. The maximum Gasteiger partial charge on any atom is 0.325 e. The topological polar surface area (TPSA) is 136 Å². The Labute approximate surface area is 197 Å². The molecular formula is C22H28N6O5S. The number of urea groups is 1. The van der Waals surface area contributed by atoms with Crippen molar-refractivity contribution in [1.82, 2.24) is 29.4 Å². The number of nitrogens with one attached hydrogen (secondary N) is 2. The molecule has 1 spiro atoms. The van der Waals surface area contributed by atoms with Crippen molar-refractivity contribution in [3.63, 3.8) is 0 Å². The van der Waals surface area contributed by atoms with Crippen molar-refractivity contribution in [1.29, 1.82) is 0 Å². The molecule has 2 saturated heterocycles. The number of carbonyl (C=O) groups excluding carboxylic acids is 3. The molecule has 2 unspecified atom stereocenters. The quantitative estimate of drug-likeness (QED) is 0.614. The fourth-order valence-corrected chi connectivity index (χ4v) is 6.91. The van der Waals surface area contributed by atoms with Gasteiger partial charge in [-0.05, 0) is 30.9 Å². The Hall–Kier alpha value is -2.99. The molecule has 34 heavy (non-hydrogen) atoms. The predicted molar refractivity (Wildman–Crippen MR) is 122 cm³/mol. The molecule has 1 saturated carbocycles. The molecule has 3 aliphatic rings. The largest absolute Gasteiger partial charge is 0.345 e. The minimum Gasteiger partial charge on any atom is -0.345 e. The Morgan fingerprint density at radius 2 is 1.97 bits per heavy atom. The number of imide groups is 1. The third-order valence-electron chi connectivity index (χ3n) is 7.42. The zero-order chi connectivity index (χ0) is 24.1. The van der Waals surface area contributed by atoms with Gasteiger partial charge < -0.3 is 15.2 Å². The van der Waals surface area contributed by atoms with Crippen molar-refractivity contribution in [3.05, 3.63) is 24.5 Å². The van der Waals surface area contributed by atoms with Crippen molar-refractivity contribution in [2.75, 3.05) is 32.7 Å². The first kappa shape index (κ1) is 22.8. The van der Waals surface area contributed by atoms with Gasteiger partial charge in [-0.15, -0.1) is 0 Å². The molecule has 5 rings (SSSR count). The van der Waals surface area contributed by atoms with Gasteiger partial charge in [0, 0.05) is 44.0 Å². The van der Waals surface area contributed by atoms with Crippen molar-refractivity contribution < 1.29 is 22.8 Å². The fraction of sp³-hybridized carbons (Fsp3) is 0.545. The highest BCUT2D eigenvalue weighted by Gasteiger charge is 2.55. The van der Waals surface area contributed by atoms with Gasteiger partial charge in [0.2, 0.25) is 15.9 Å². The fourth-order valence-electron chi connectivity index (χ4n) is 5.34. The van der Waals surface area contributed by atoms with E-state index < -0.39 is 21.6 Å². The first-order chi connectivity index (χ1) is 16.2. The van der Waals surface area contributed by atoms with Crippen LogP contribution in [0.4, 0.5) is 4.79 Å². The van der Waals surface area contributed by atoms with Gasteiger partial charge in [0.25, 0.3) is 5.91 Å². The van der Waals surface area contributed by atoms with Crippen LogP contribution >= 0.6 is 0 Å². The zero-order valence-electron chi connectivity index (χ0n) is 19.0. The molecule has 1 aliphatic carbocycles. The minimum atomic E-state index is -3.76. The lowest BCUT2D eigenvalue weighted by Gasteiger charge is -2.37. The molecule has 12 heteroatoms. The molecule has 3 fully saturated rings. The zero-order valence-corrected chi connectivity index (χ0v) is 19.8. The number of fused-ring (bicyclic) bond motifs is 1. The average Bonchev–Trinajstić information content (AvgIpc) is 3.37. The highest BCUT2D eigenvalue weighted by atomic mass is 32.2. The van der Waals surface area contributed by atoms with Crippen LogP contribution in [0.5, 0.6) is 0 Å². The Bertz CT molecular complexity index is 1250. The van der Waals surface area contributed by atoms with Gasteiger partial charge in [0.05, 0.1) is 0 Å². The number of hydrogen-bond acceptors (Lipinski definition) is 6. The Balaban J connectivity index is 1.23. The van der Waals surface area contributed by atoms with Gasteiger partial charge in [-0.25, -0.2) is 18.2 Å². The summed E-state index contributed by atoms with van der Waals surface area (Å²) in [6.45, 7) is 2.25. The molecule has 2 atom stereocenters. The van der Waals surface area contributed by atoms with E-state index in [0.29, 0.717) is 17.5 Å². The number of carbonyl (C=O) groups is 3. The normalized spacial score (nSPS) is 26.4. The van der Waals surface area contributed by atoms with Crippen LogP contribution in [0.2, 0.25) is 0 Å². The van der Waals surface area contributed by atoms with Gasteiger partial charge in [-0.1, -0.05) is 19.8 Å². The Morgan fingerprint density at radius 3 is 2.71 bits per heavy atom. The lowest BCUT2D eigenvalue weighted by atomic mass is 9.73. The van der Waals surface area contributed by atoms with Crippen molar-refractivity contribution in [2.24, 2.45) is 5.92 Å². The lowest BCUT2D eigenvalue weighted by Crippen LogP contribution is -2.55. The van der Waals surface area contributed by atoms with Gasteiger partial charge in [-0.2, -0.15) is 4.31 Å². The maximum absolute atomic E-state index is 13.2. The minimum absolute atomic E-state index is 0.0197. The monoisotopic (exact) mass is 488 g/mol. The molecule has 4 amide bonds. The molecule has 2 aromatic heterocycles. The van der Waals surface area contributed by atoms with E-state index in [1.54, 1.807) is 18.3 Å². The number of H-pyrrole nitrogens is 1. The van der Waals surface area contributed by atoms with E-state index in [0.717, 1.165) is 24.2 Å². The van der Waals surface area contributed by atoms with Crippen molar-refractivity contribution in [2.45, 2.75) is 43.0 Å². The van der Waals surface area contributed by atoms with Gasteiger partial charge in [0.1, 0.15) is 22.6 Å². The molecule has 11 nitrogen and oxygen atoms in total. The first-order valence-electron chi connectivity index (χ1n) is 11.6. The highest BCUT2D eigenvalue weighted by molar-refractivity contribution is 7.89. The summed E-state index contributed by atoms with van der Waals surface area (Å²) in [5.74, 6) is -0.671. The molecule has 182 valence electrons. The van der Waals surface area contributed by atoms with Gasteiger partial charge >= 0.3 is 6.03 Å². The smallest absolute Gasteiger partial charge is 0.325 e. The van der Waals surface area contributed by atoms with Crippen LogP contribution in [0.15, 0.2) is 29.4 Å². The molecule has 0 bridgehead atoms. The number of nitrogens with zero attached hydrogens (tertiary/aromatic N) is 4. The number of piperazine rings is 1. The maximum atomic E-state index is 13.2. The van der Waals surface area contributed by atoms with E-state index in [1.807, 2.05) is 6.92 Å². The van der Waals surface area contributed by atoms with Crippen LogP contribution in [-0.4, -0.2) is 88.6 Å². The second kappa shape index (κ2) is 8.35. The molecule has 4 heterocycles. The summed E-state index contributed by atoms with van der Waals surface area (Å²) in [7, 11) is -3.76. The summed E-state index contributed by atoms with van der Waals surface area (Å²) in [4.78, 5) is 48.3. The summed E-state index contributed by atoms with van der Waals surface area (Å²) in [6.07, 6.45) is 6.35. The number of aromatic nitrogens is 2. The van der Waals surface area contributed by atoms with E-state index in [1.165, 1.54) is 15.4 Å². The Morgan fingerprint density at radius 1 is 1.21 bits per heavy atom. The number of amides is 4. The number of pyridine rings is 1. The summed E-state index contributed by atoms with van der Waals surface area (Å²) in [6, 6.07) is 2.85. The van der Waals surface area contributed by atoms with Gasteiger partial charge in [0.15, 0.2) is 0 Å². The van der Waals surface area contributed by atoms with Crippen LogP contribution in [0.25, 0.3) is 11.0 Å². The van der Waals surface area contributed by atoms with Crippen LogP contribution in [0, 0.1) is 5.92 Å².